The normalized spacial score (nSPS) is 17.8. The van der Waals surface area contributed by atoms with Crippen LogP contribution in [0.25, 0.3) is 22.3 Å². The number of hydrogen-bond acceptors (Lipinski definition) is 14. The maximum Gasteiger partial charge on any atom is 0.289 e. The fourth-order valence-corrected chi connectivity index (χ4v) is 9.46. The van der Waals surface area contributed by atoms with Gasteiger partial charge in [0.25, 0.3) is 11.8 Å². The number of fused-ring (bicyclic) bond motifs is 2. The second kappa shape index (κ2) is 16.4. The molecule has 0 bridgehead atoms. The molecule has 8 heterocycles. The number of anilines is 4. The highest BCUT2D eigenvalue weighted by molar-refractivity contribution is 5.98. The van der Waals surface area contributed by atoms with Crippen molar-refractivity contribution in [2.75, 3.05) is 87.3 Å². The number of carbonyl (C=O) groups excluding carboxylic acids is 4. The second-order valence-corrected chi connectivity index (χ2v) is 17.0. The second-order valence-electron chi connectivity index (χ2n) is 17.0. The van der Waals surface area contributed by atoms with E-state index in [1.54, 1.807) is 51.4 Å². The lowest BCUT2D eigenvalue weighted by Gasteiger charge is -2.43. The molecule has 4 amide bonds. The number of aromatic nitrogens is 8. The fourth-order valence-electron chi connectivity index (χ4n) is 9.46. The van der Waals surface area contributed by atoms with Crippen molar-refractivity contribution in [1.82, 2.24) is 59.5 Å². The SMILES string of the molecule is CN(C)C(=O)c1nc2c(N3CCC4(CC3)C(=O)NCN4c3ccccc3)ncnc2n1C.CN(C)C(=O)c1nc2c(N3CCC4(CC3)C(=O)NCN4c3ccccc3)ncnc2n1C. The minimum Gasteiger partial charge on any atom is -0.354 e. The van der Waals surface area contributed by atoms with Crippen LogP contribution in [-0.2, 0) is 23.7 Å². The summed E-state index contributed by atoms with van der Waals surface area (Å²) >= 11 is 0. The van der Waals surface area contributed by atoms with Crippen LogP contribution in [0, 0.1) is 0 Å². The van der Waals surface area contributed by atoms with Crippen LogP contribution < -0.4 is 30.2 Å². The Bertz CT molecular complexity index is 2550. The van der Waals surface area contributed by atoms with Crippen LogP contribution in [-0.4, -0.2) is 151 Å². The van der Waals surface area contributed by atoms with E-state index in [2.05, 4.69) is 60.1 Å². The summed E-state index contributed by atoms with van der Waals surface area (Å²) in [5.74, 6) is 1.82. The van der Waals surface area contributed by atoms with E-state index in [0.717, 1.165) is 11.4 Å². The molecule has 64 heavy (non-hydrogen) atoms. The Balaban J connectivity index is 0.000000162. The van der Waals surface area contributed by atoms with Crippen molar-refractivity contribution >= 4 is 69.0 Å². The Hall–Kier alpha value is -7.38. The summed E-state index contributed by atoms with van der Waals surface area (Å²) < 4.78 is 3.41. The molecular weight excluding hydrogens is 817 g/mol. The van der Waals surface area contributed by atoms with Gasteiger partial charge in [0.1, 0.15) is 23.7 Å². The van der Waals surface area contributed by atoms with Gasteiger partial charge in [-0.15, -0.1) is 0 Å². The molecule has 0 atom stereocenters. The molecule has 2 aromatic carbocycles. The van der Waals surface area contributed by atoms with Gasteiger partial charge in [0.2, 0.25) is 23.5 Å². The molecule has 10 rings (SSSR count). The molecular formula is C44H52N16O4. The molecule has 4 aliphatic heterocycles. The number of imidazole rings is 2. The zero-order valence-electron chi connectivity index (χ0n) is 36.9. The third kappa shape index (κ3) is 6.92. The van der Waals surface area contributed by atoms with Gasteiger partial charge < -0.3 is 49.2 Å². The molecule has 4 aliphatic rings. The molecule has 0 unspecified atom stereocenters. The first kappa shape index (κ1) is 41.9. The van der Waals surface area contributed by atoms with Gasteiger partial charge >= 0.3 is 0 Å². The molecule has 0 aliphatic carbocycles. The van der Waals surface area contributed by atoms with Crippen molar-refractivity contribution in [3.05, 3.63) is 85.0 Å². The van der Waals surface area contributed by atoms with E-state index in [0.29, 0.717) is 111 Å². The van der Waals surface area contributed by atoms with Gasteiger partial charge in [0.05, 0.1) is 13.3 Å². The number of carbonyl (C=O) groups is 4. The summed E-state index contributed by atoms with van der Waals surface area (Å²) in [6, 6.07) is 20.1. The quantitative estimate of drug-likeness (QED) is 0.247. The van der Waals surface area contributed by atoms with Crippen molar-refractivity contribution in [2.45, 2.75) is 36.8 Å². The fraction of sp³-hybridized carbons (Fsp3) is 0.409. The number of nitrogens with one attached hydrogen (secondary N) is 2. The van der Waals surface area contributed by atoms with Crippen LogP contribution in [0.2, 0.25) is 0 Å². The first-order valence-electron chi connectivity index (χ1n) is 21.3. The van der Waals surface area contributed by atoms with Crippen LogP contribution in [0.15, 0.2) is 73.3 Å². The van der Waals surface area contributed by atoms with Crippen molar-refractivity contribution in [1.29, 1.82) is 0 Å². The van der Waals surface area contributed by atoms with Crippen LogP contribution >= 0.6 is 0 Å². The van der Waals surface area contributed by atoms with E-state index in [4.69, 9.17) is 0 Å². The van der Waals surface area contributed by atoms with E-state index in [1.165, 1.54) is 22.5 Å². The average molecular weight is 869 g/mol. The van der Waals surface area contributed by atoms with Gasteiger partial charge in [-0.3, -0.25) is 19.2 Å². The third-order valence-corrected chi connectivity index (χ3v) is 13.1. The highest BCUT2D eigenvalue weighted by Crippen LogP contribution is 2.39. The van der Waals surface area contributed by atoms with Crippen LogP contribution in [0.5, 0.6) is 0 Å². The standard InChI is InChI=1S/2C22H26N8O2/c2*1-27(2)20(31)19-26-16-17(28(19)3)23-13-24-18(16)29-11-9-22(10-12-29)21(32)25-14-30(22)15-7-5-4-6-8-15/h2*4-8,13H,9-12,14H2,1-3H3,(H,25,32). The van der Waals surface area contributed by atoms with E-state index >= 15 is 0 Å². The monoisotopic (exact) mass is 868 g/mol. The van der Waals surface area contributed by atoms with Gasteiger partial charge in [-0.2, -0.15) is 0 Å². The van der Waals surface area contributed by atoms with Gasteiger partial charge in [-0.05, 0) is 49.9 Å². The van der Waals surface area contributed by atoms with Crippen molar-refractivity contribution in [2.24, 2.45) is 14.1 Å². The van der Waals surface area contributed by atoms with Crippen molar-refractivity contribution in [3.8, 4) is 0 Å². The molecule has 0 saturated carbocycles. The number of piperidine rings is 2. The highest BCUT2D eigenvalue weighted by Gasteiger charge is 2.52. The van der Waals surface area contributed by atoms with Gasteiger partial charge in [0.15, 0.2) is 34.0 Å². The lowest BCUT2D eigenvalue weighted by Crippen LogP contribution is -2.56. The van der Waals surface area contributed by atoms with E-state index in [-0.39, 0.29) is 23.6 Å². The van der Waals surface area contributed by atoms with Gasteiger partial charge in [-0.25, -0.2) is 29.9 Å². The zero-order valence-corrected chi connectivity index (χ0v) is 36.9. The molecule has 4 saturated heterocycles. The molecule has 20 nitrogen and oxygen atoms in total. The summed E-state index contributed by atoms with van der Waals surface area (Å²) in [6.07, 6.45) is 5.66. The summed E-state index contributed by atoms with van der Waals surface area (Å²) in [7, 11) is 10.4. The summed E-state index contributed by atoms with van der Waals surface area (Å²) in [4.78, 5) is 89.4. The molecule has 332 valence electrons. The summed E-state index contributed by atoms with van der Waals surface area (Å²) in [5.41, 5.74) is 3.38. The highest BCUT2D eigenvalue weighted by atomic mass is 16.2. The first-order chi connectivity index (χ1) is 30.8. The van der Waals surface area contributed by atoms with E-state index < -0.39 is 11.1 Å². The smallest absolute Gasteiger partial charge is 0.289 e. The minimum absolute atomic E-state index is 0.0746. The number of benzene rings is 2. The third-order valence-electron chi connectivity index (χ3n) is 13.1. The topological polar surface area (TPSA) is 199 Å². The zero-order chi connectivity index (χ0) is 44.9. The lowest BCUT2D eigenvalue weighted by molar-refractivity contribution is -0.125. The molecule has 2 N–H and O–H groups in total. The molecule has 6 aromatic rings. The Morgan fingerprint density at radius 3 is 1.27 bits per heavy atom. The Morgan fingerprint density at radius 1 is 0.562 bits per heavy atom. The van der Waals surface area contributed by atoms with Crippen molar-refractivity contribution in [3.63, 3.8) is 0 Å². The first-order valence-corrected chi connectivity index (χ1v) is 21.3. The predicted molar refractivity (Wildman–Crippen MR) is 241 cm³/mol. The molecule has 4 fully saturated rings. The number of amides is 4. The van der Waals surface area contributed by atoms with Gasteiger partial charge in [0, 0.05) is 79.8 Å². The maximum atomic E-state index is 12.9. The van der Waals surface area contributed by atoms with E-state index in [1.807, 2.05) is 60.7 Å². The van der Waals surface area contributed by atoms with Crippen molar-refractivity contribution < 1.29 is 19.2 Å². The summed E-state index contributed by atoms with van der Waals surface area (Å²) in [6.45, 7) is 3.62. The Morgan fingerprint density at radius 2 is 0.922 bits per heavy atom. The van der Waals surface area contributed by atoms with Crippen LogP contribution in [0.1, 0.15) is 46.9 Å². The summed E-state index contributed by atoms with van der Waals surface area (Å²) in [5, 5.41) is 6.06. The number of hydrogen-bond donors (Lipinski definition) is 2. The molecule has 4 aromatic heterocycles. The number of rotatable bonds is 6. The molecule has 0 radical (unpaired) electrons. The predicted octanol–water partition coefficient (Wildman–Crippen LogP) is 2.00. The maximum absolute atomic E-state index is 12.9. The van der Waals surface area contributed by atoms with Crippen LogP contribution in [0.3, 0.4) is 0 Å². The van der Waals surface area contributed by atoms with E-state index in [9.17, 15) is 19.2 Å². The van der Waals surface area contributed by atoms with Crippen LogP contribution in [0.4, 0.5) is 23.0 Å². The molecule has 2 spiro atoms. The minimum atomic E-state index is -0.569. The van der Waals surface area contributed by atoms with Gasteiger partial charge in [-0.1, -0.05) is 36.4 Å². The number of para-hydroxylation sites is 2. The average Bonchev–Trinajstić information content (AvgIpc) is 4.04. The molecule has 20 heteroatoms. The lowest BCUT2D eigenvalue weighted by atomic mass is 9.85. The number of nitrogens with zero attached hydrogens (tertiary/aromatic N) is 14. The Labute approximate surface area is 369 Å². The largest absolute Gasteiger partial charge is 0.354 e. The number of aryl methyl sites for hydroxylation is 2. The Kier molecular flexibility index (Phi) is 10.7.